The monoisotopic (exact) mass is 439 g/mol. The maximum absolute atomic E-state index is 12.0. The number of esters is 1. The molecule has 0 aliphatic rings. The Bertz CT molecular complexity index is 1190. The Morgan fingerprint density at radius 3 is 2.74 bits per heavy atom. The van der Waals surface area contributed by atoms with Gasteiger partial charge in [0.25, 0.3) is 0 Å². The Kier molecular flexibility index (Phi) is 6.80. The predicted octanol–water partition coefficient (Wildman–Crippen LogP) is 4.28. The van der Waals surface area contributed by atoms with Gasteiger partial charge in [0.05, 0.1) is 30.3 Å². The lowest BCUT2D eigenvalue weighted by Gasteiger charge is -2.10. The first-order chi connectivity index (χ1) is 15.0. The molecule has 0 radical (unpaired) electrons. The fraction of sp³-hybridized carbons (Fsp3) is 0.136. The fourth-order valence-electron chi connectivity index (χ4n) is 2.78. The van der Waals surface area contributed by atoms with E-state index in [1.807, 2.05) is 18.2 Å². The van der Waals surface area contributed by atoms with Gasteiger partial charge in [0, 0.05) is 6.08 Å². The SMILES string of the molecule is COc1cc(C=CC(=O)OCC(O)=C(C#N)c2nc3ccccc3[nH]2)cc(Cl)c1OC. The van der Waals surface area contributed by atoms with Crippen LogP contribution < -0.4 is 9.47 Å². The summed E-state index contributed by atoms with van der Waals surface area (Å²) in [5.41, 5.74) is 1.83. The van der Waals surface area contributed by atoms with E-state index in [2.05, 4.69) is 9.97 Å². The molecule has 0 bridgehead atoms. The summed E-state index contributed by atoms with van der Waals surface area (Å²) < 4.78 is 15.4. The van der Waals surface area contributed by atoms with Gasteiger partial charge in [0.15, 0.2) is 23.1 Å². The highest BCUT2D eigenvalue weighted by Crippen LogP contribution is 2.36. The van der Waals surface area contributed by atoms with Crippen molar-refractivity contribution in [2.75, 3.05) is 20.8 Å². The molecule has 0 spiro atoms. The Balaban J connectivity index is 1.70. The van der Waals surface area contributed by atoms with Crippen LogP contribution >= 0.6 is 11.6 Å². The van der Waals surface area contributed by atoms with Gasteiger partial charge in [-0.3, -0.25) is 0 Å². The van der Waals surface area contributed by atoms with Crippen LogP contribution in [0, 0.1) is 11.3 Å². The van der Waals surface area contributed by atoms with E-state index in [1.54, 1.807) is 24.3 Å². The maximum atomic E-state index is 12.0. The molecule has 1 aromatic heterocycles. The van der Waals surface area contributed by atoms with E-state index in [0.29, 0.717) is 33.1 Å². The smallest absolute Gasteiger partial charge is 0.331 e. The first-order valence-corrected chi connectivity index (χ1v) is 9.38. The van der Waals surface area contributed by atoms with E-state index in [9.17, 15) is 15.2 Å². The average molecular weight is 440 g/mol. The Morgan fingerprint density at radius 1 is 1.29 bits per heavy atom. The molecule has 0 saturated heterocycles. The number of fused-ring (bicyclic) bond motifs is 1. The van der Waals surface area contributed by atoms with Crippen molar-refractivity contribution in [3.8, 4) is 17.6 Å². The summed E-state index contributed by atoms with van der Waals surface area (Å²) in [6, 6.07) is 12.3. The van der Waals surface area contributed by atoms with Gasteiger partial charge < -0.3 is 24.3 Å². The van der Waals surface area contributed by atoms with Gasteiger partial charge >= 0.3 is 5.97 Å². The van der Waals surface area contributed by atoms with Gasteiger partial charge in [-0.1, -0.05) is 23.7 Å². The number of aromatic amines is 1. The number of benzene rings is 2. The number of nitriles is 1. The van der Waals surface area contributed by atoms with Gasteiger partial charge in [-0.05, 0) is 35.9 Å². The van der Waals surface area contributed by atoms with Crippen molar-refractivity contribution >= 4 is 40.3 Å². The molecule has 1 heterocycles. The van der Waals surface area contributed by atoms with E-state index in [0.717, 1.165) is 6.08 Å². The molecule has 3 rings (SSSR count). The van der Waals surface area contributed by atoms with E-state index in [1.165, 1.54) is 20.3 Å². The summed E-state index contributed by atoms with van der Waals surface area (Å²) in [6.45, 7) is -0.490. The third kappa shape index (κ3) is 4.97. The molecule has 0 saturated carbocycles. The topological polar surface area (TPSA) is 117 Å². The number of rotatable bonds is 7. The molecule has 3 aromatic rings. The van der Waals surface area contributed by atoms with Crippen LogP contribution in [0.4, 0.5) is 0 Å². The number of H-pyrrole nitrogens is 1. The van der Waals surface area contributed by atoms with Crippen molar-refractivity contribution in [3.63, 3.8) is 0 Å². The van der Waals surface area contributed by atoms with Crippen LogP contribution in [0.15, 0.2) is 48.2 Å². The second-order valence-electron chi connectivity index (χ2n) is 6.22. The minimum absolute atomic E-state index is 0.111. The van der Waals surface area contributed by atoms with Gasteiger partial charge in [0.2, 0.25) is 0 Å². The second kappa shape index (κ2) is 9.69. The molecule has 0 aliphatic heterocycles. The standard InChI is InChI=1S/C22H18ClN3O5/c1-29-19-10-13(9-15(23)21(19)30-2)7-8-20(28)31-12-18(27)14(11-24)22-25-16-5-3-4-6-17(16)26-22/h3-10,27H,12H2,1-2H3,(H,25,26). The molecular formula is C22H18ClN3O5. The first-order valence-electron chi connectivity index (χ1n) is 9.00. The number of aliphatic hydroxyl groups excluding tert-OH is 1. The zero-order chi connectivity index (χ0) is 22.4. The van der Waals surface area contributed by atoms with E-state index in [4.69, 9.17) is 25.8 Å². The van der Waals surface area contributed by atoms with Crippen LogP contribution in [0.5, 0.6) is 11.5 Å². The quantitative estimate of drug-likeness (QED) is 0.244. The summed E-state index contributed by atoms with van der Waals surface area (Å²) >= 11 is 6.14. The molecule has 9 heteroatoms. The van der Waals surface area contributed by atoms with E-state index >= 15 is 0 Å². The summed E-state index contributed by atoms with van der Waals surface area (Å²) in [5.74, 6) is -0.161. The number of aliphatic hydroxyl groups is 1. The number of para-hydroxylation sites is 2. The van der Waals surface area contributed by atoms with Gasteiger partial charge in [-0.2, -0.15) is 5.26 Å². The normalized spacial score (nSPS) is 11.8. The molecule has 8 nitrogen and oxygen atoms in total. The third-order valence-electron chi connectivity index (χ3n) is 4.25. The van der Waals surface area contributed by atoms with Crippen molar-refractivity contribution < 1.29 is 24.1 Å². The Hall–Kier alpha value is -3.96. The zero-order valence-electron chi connectivity index (χ0n) is 16.7. The number of imidazole rings is 1. The number of nitrogens with zero attached hydrogens (tertiary/aromatic N) is 2. The van der Waals surface area contributed by atoms with Crippen molar-refractivity contribution in [2.45, 2.75) is 0 Å². The average Bonchev–Trinajstić information content (AvgIpc) is 3.19. The van der Waals surface area contributed by atoms with Crippen LogP contribution in [0.1, 0.15) is 11.4 Å². The van der Waals surface area contributed by atoms with Crippen LogP contribution in [-0.4, -0.2) is 41.9 Å². The predicted molar refractivity (Wildman–Crippen MR) is 116 cm³/mol. The molecule has 0 unspecified atom stereocenters. The van der Waals surface area contributed by atoms with Gasteiger partial charge in [0.1, 0.15) is 18.2 Å². The highest BCUT2D eigenvalue weighted by molar-refractivity contribution is 6.32. The first kappa shape index (κ1) is 21.7. The number of carbonyl (C=O) groups excluding carboxylic acids is 1. The van der Waals surface area contributed by atoms with Crippen molar-refractivity contribution in [2.24, 2.45) is 0 Å². The number of methoxy groups -OCH3 is 2. The molecular weight excluding hydrogens is 422 g/mol. The van der Waals surface area contributed by atoms with Gasteiger partial charge in [-0.25, -0.2) is 9.78 Å². The molecule has 158 valence electrons. The molecule has 0 atom stereocenters. The van der Waals surface area contributed by atoms with E-state index < -0.39 is 18.3 Å². The van der Waals surface area contributed by atoms with Crippen LogP contribution in [0.3, 0.4) is 0 Å². The highest BCUT2D eigenvalue weighted by atomic mass is 35.5. The van der Waals surface area contributed by atoms with Gasteiger partial charge in [-0.15, -0.1) is 0 Å². The van der Waals surface area contributed by atoms with Crippen LogP contribution in [0.2, 0.25) is 5.02 Å². The summed E-state index contributed by atoms with van der Waals surface area (Å²) in [5, 5.41) is 19.9. The zero-order valence-corrected chi connectivity index (χ0v) is 17.4. The lowest BCUT2D eigenvalue weighted by Crippen LogP contribution is -2.06. The second-order valence-corrected chi connectivity index (χ2v) is 6.62. The number of nitrogens with one attached hydrogen (secondary N) is 1. The maximum Gasteiger partial charge on any atom is 0.331 e. The van der Waals surface area contributed by atoms with Crippen molar-refractivity contribution in [1.82, 2.24) is 9.97 Å². The number of halogens is 1. The minimum Gasteiger partial charge on any atom is -0.507 e. The number of ether oxygens (including phenoxy) is 3. The van der Waals surface area contributed by atoms with Crippen molar-refractivity contribution in [3.05, 3.63) is 64.6 Å². The fourth-order valence-corrected chi connectivity index (χ4v) is 3.08. The Labute approximate surface area is 182 Å². The number of hydrogen-bond acceptors (Lipinski definition) is 7. The third-order valence-corrected chi connectivity index (χ3v) is 4.53. The molecule has 0 fully saturated rings. The molecule has 0 amide bonds. The van der Waals surface area contributed by atoms with Crippen molar-refractivity contribution in [1.29, 1.82) is 5.26 Å². The molecule has 0 aliphatic carbocycles. The molecule has 2 aromatic carbocycles. The number of carbonyl (C=O) groups is 1. The summed E-state index contributed by atoms with van der Waals surface area (Å²) in [7, 11) is 2.94. The number of hydrogen-bond donors (Lipinski definition) is 2. The Morgan fingerprint density at radius 2 is 2.06 bits per heavy atom. The lowest BCUT2D eigenvalue weighted by atomic mass is 10.2. The van der Waals surface area contributed by atoms with E-state index in [-0.39, 0.29) is 11.4 Å². The highest BCUT2D eigenvalue weighted by Gasteiger charge is 2.14. The minimum atomic E-state index is -0.723. The lowest BCUT2D eigenvalue weighted by molar-refractivity contribution is -0.137. The number of allylic oxidation sites excluding steroid dienone is 1. The number of aromatic nitrogens is 2. The summed E-state index contributed by atoms with van der Waals surface area (Å²) in [6.07, 6.45) is 2.64. The van der Waals surface area contributed by atoms with Crippen LogP contribution in [0.25, 0.3) is 22.7 Å². The molecule has 31 heavy (non-hydrogen) atoms. The molecule has 2 N–H and O–H groups in total. The largest absolute Gasteiger partial charge is 0.507 e. The van der Waals surface area contributed by atoms with Crippen LogP contribution in [-0.2, 0) is 9.53 Å². The summed E-state index contributed by atoms with van der Waals surface area (Å²) in [4.78, 5) is 19.2.